The highest BCUT2D eigenvalue weighted by Crippen LogP contribution is 2.24. The minimum atomic E-state index is 0.472. The molecule has 0 radical (unpaired) electrons. The molecule has 0 aromatic heterocycles. The highest BCUT2D eigenvalue weighted by Gasteiger charge is 2.04. The summed E-state index contributed by atoms with van der Waals surface area (Å²) in [5, 5.41) is 4.41. The average Bonchev–Trinajstić information content (AvgIpc) is 2.47. The molecule has 20 heavy (non-hydrogen) atoms. The van der Waals surface area contributed by atoms with Crippen LogP contribution in [-0.4, -0.2) is 6.54 Å². The van der Waals surface area contributed by atoms with E-state index in [9.17, 15) is 0 Å². The van der Waals surface area contributed by atoms with Crippen LogP contribution in [0.1, 0.15) is 18.1 Å². The van der Waals surface area contributed by atoms with Gasteiger partial charge in [-0.25, -0.2) is 0 Å². The van der Waals surface area contributed by atoms with Gasteiger partial charge in [-0.1, -0.05) is 54.4 Å². The minimum absolute atomic E-state index is 0.472. The van der Waals surface area contributed by atoms with E-state index in [1.807, 2.05) is 30.3 Å². The number of para-hydroxylation sites is 1. The van der Waals surface area contributed by atoms with Crippen molar-refractivity contribution in [2.24, 2.45) is 0 Å². The molecule has 2 aromatic rings. The summed E-state index contributed by atoms with van der Waals surface area (Å²) in [4.78, 5) is 0. The predicted octanol–water partition coefficient (Wildman–Crippen LogP) is 4.68. The molecule has 0 amide bonds. The summed E-state index contributed by atoms with van der Waals surface area (Å²) in [6.07, 6.45) is 0. The van der Waals surface area contributed by atoms with Crippen molar-refractivity contribution in [1.29, 1.82) is 0 Å². The summed E-state index contributed by atoms with van der Waals surface area (Å²) in [6, 6.07) is 13.6. The Morgan fingerprint density at radius 1 is 1.05 bits per heavy atom. The Kier molecular flexibility index (Phi) is 5.72. The standard InChI is InChI=1S/C16H17Cl2NO/c1-2-19-10-13-5-3-4-6-16(13)20-11-12-7-8-14(17)15(18)9-12/h3-9,19H,2,10-11H2,1H3. The molecule has 0 saturated heterocycles. The van der Waals surface area contributed by atoms with Crippen LogP contribution >= 0.6 is 23.2 Å². The van der Waals surface area contributed by atoms with Crippen molar-refractivity contribution < 1.29 is 4.74 Å². The van der Waals surface area contributed by atoms with E-state index in [0.29, 0.717) is 16.7 Å². The molecule has 0 atom stereocenters. The van der Waals surface area contributed by atoms with Crippen molar-refractivity contribution in [3.63, 3.8) is 0 Å². The molecule has 0 saturated carbocycles. The van der Waals surface area contributed by atoms with Gasteiger partial charge in [-0.3, -0.25) is 0 Å². The third-order valence-electron chi connectivity index (χ3n) is 2.92. The molecule has 0 aliphatic carbocycles. The van der Waals surface area contributed by atoms with Crippen LogP contribution in [0.3, 0.4) is 0 Å². The first-order valence-electron chi connectivity index (χ1n) is 6.56. The zero-order valence-corrected chi connectivity index (χ0v) is 12.8. The van der Waals surface area contributed by atoms with Gasteiger partial charge in [-0.05, 0) is 30.3 Å². The quantitative estimate of drug-likeness (QED) is 0.836. The molecule has 106 valence electrons. The Bertz CT molecular complexity index is 572. The summed E-state index contributed by atoms with van der Waals surface area (Å²) in [5.74, 6) is 0.888. The van der Waals surface area contributed by atoms with E-state index >= 15 is 0 Å². The number of halogens is 2. The molecule has 0 bridgehead atoms. The third kappa shape index (κ3) is 4.14. The van der Waals surface area contributed by atoms with E-state index in [2.05, 4.69) is 18.3 Å². The fourth-order valence-corrected chi connectivity index (χ4v) is 2.16. The second-order valence-corrected chi connectivity index (χ2v) is 5.24. The van der Waals surface area contributed by atoms with E-state index in [-0.39, 0.29) is 0 Å². The third-order valence-corrected chi connectivity index (χ3v) is 3.66. The fraction of sp³-hybridized carbons (Fsp3) is 0.250. The van der Waals surface area contributed by atoms with E-state index in [1.165, 1.54) is 0 Å². The van der Waals surface area contributed by atoms with Gasteiger partial charge in [0.1, 0.15) is 12.4 Å². The van der Waals surface area contributed by atoms with Gasteiger partial charge in [0.15, 0.2) is 0 Å². The Balaban J connectivity index is 2.04. The molecule has 0 unspecified atom stereocenters. The maximum atomic E-state index is 6.00. The topological polar surface area (TPSA) is 21.3 Å². The molecule has 0 heterocycles. The van der Waals surface area contributed by atoms with E-state index in [0.717, 1.165) is 30.0 Å². The monoisotopic (exact) mass is 309 g/mol. The van der Waals surface area contributed by atoms with Crippen molar-refractivity contribution in [1.82, 2.24) is 5.32 Å². The first-order valence-corrected chi connectivity index (χ1v) is 7.31. The van der Waals surface area contributed by atoms with Crippen LogP contribution in [0.2, 0.25) is 10.0 Å². The van der Waals surface area contributed by atoms with Crippen molar-refractivity contribution >= 4 is 23.2 Å². The number of hydrogen-bond donors (Lipinski definition) is 1. The van der Waals surface area contributed by atoms with Crippen LogP contribution < -0.4 is 10.1 Å². The highest BCUT2D eigenvalue weighted by molar-refractivity contribution is 6.42. The minimum Gasteiger partial charge on any atom is -0.489 e. The molecule has 2 aromatic carbocycles. The van der Waals surface area contributed by atoms with Crippen molar-refractivity contribution in [3.05, 3.63) is 63.6 Å². The van der Waals surface area contributed by atoms with Crippen LogP contribution in [0.25, 0.3) is 0 Å². The van der Waals surface area contributed by atoms with E-state index < -0.39 is 0 Å². The van der Waals surface area contributed by atoms with Crippen LogP contribution in [0.5, 0.6) is 5.75 Å². The van der Waals surface area contributed by atoms with Crippen LogP contribution in [0.4, 0.5) is 0 Å². The highest BCUT2D eigenvalue weighted by atomic mass is 35.5. The summed E-state index contributed by atoms with van der Waals surface area (Å²) >= 11 is 11.9. The molecule has 0 fully saturated rings. The molecular formula is C16H17Cl2NO. The Morgan fingerprint density at radius 2 is 1.85 bits per heavy atom. The van der Waals surface area contributed by atoms with Gasteiger partial charge in [-0.15, -0.1) is 0 Å². The van der Waals surface area contributed by atoms with Gasteiger partial charge < -0.3 is 10.1 Å². The largest absolute Gasteiger partial charge is 0.489 e. The molecule has 2 nitrogen and oxygen atoms in total. The fourth-order valence-electron chi connectivity index (χ4n) is 1.84. The predicted molar refractivity (Wildman–Crippen MR) is 84.6 cm³/mol. The summed E-state index contributed by atoms with van der Waals surface area (Å²) in [5.41, 5.74) is 2.15. The lowest BCUT2D eigenvalue weighted by Gasteiger charge is -2.12. The number of hydrogen-bond acceptors (Lipinski definition) is 2. The first kappa shape index (κ1) is 15.2. The van der Waals surface area contributed by atoms with E-state index in [4.69, 9.17) is 27.9 Å². The molecular weight excluding hydrogens is 293 g/mol. The zero-order chi connectivity index (χ0) is 14.4. The average molecular weight is 310 g/mol. The number of nitrogens with one attached hydrogen (secondary N) is 1. The number of benzene rings is 2. The molecule has 0 spiro atoms. The van der Waals surface area contributed by atoms with Crippen LogP contribution in [-0.2, 0) is 13.2 Å². The summed E-state index contributed by atoms with van der Waals surface area (Å²) in [6.45, 7) is 4.29. The van der Waals surface area contributed by atoms with Gasteiger partial charge in [-0.2, -0.15) is 0 Å². The van der Waals surface area contributed by atoms with Gasteiger partial charge in [0.05, 0.1) is 10.0 Å². The zero-order valence-electron chi connectivity index (χ0n) is 11.3. The normalized spacial score (nSPS) is 10.6. The number of ether oxygens (including phenoxy) is 1. The maximum Gasteiger partial charge on any atom is 0.124 e. The summed E-state index contributed by atoms with van der Waals surface area (Å²) < 4.78 is 5.87. The molecule has 2 rings (SSSR count). The van der Waals surface area contributed by atoms with Crippen LogP contribution in [0.15, 0.2) is 42.5 Å². The Labute approximate surface area is 129 Å². The lowest BCUT2D eigenvalue weighted by Crippen LogP contribution is -2.12. The van der Waals surface area contributed by atoms with Crippen molar-refractivity contribution in [3.8, 4) is 5.75 Å². The second-order valence-electron chi connectivity index (χ2n) is 4.43. The van der Waals surface area contributed by atoms with E-state index in [1.54, 1.807) is 6.07 Å². The van der Waals surface area contributed by atoms with Crippen LogP contribution in [0, 0.1) is 0 Å². The van der Waals surface area contributed by atoms with Gasteiger partial charge in [0.2, 0.25) is 0 Å². The molecule has 0 aliphatic rings. The van der Waals surface area contributed by atoms with Gasteiger partial charge in [0, 0.05) is 12.1 Å². The summed E-state index contributed by atoms with van der Waals surface area (Å²) in [7, 11) is 0. The SMILES string of the molecule is CCNCc1ccccc1OCc1ccc(Cl)c(Cl)c1. The maximum absolute atomic E-state index is 6.00. The number of rotatable bonds is 6. The lowest BCUT2D eigenvalue weighted by atomic mass is 10.2. The Hall–Kier alpha value is -1.22. The molecule has 4 heteroatoms. The second kappa shape index (κ2) is 7.53. The van der Waals surface area contributed by atoms with Crippen molar-refractivity contribution in [2.45, 2.75) is 20.1 Å². The molecule has 1 N–H and O–H groups in total. The molecule has 0 aliphatic heterocycles. The smallest absolute Gasteiger partial charge is 0.124 e. The van der Waals surface area contributed by atoms with Gasteiger partial charge >= 0.3 is 0 Å². The Morgan fingerprint density at radius 3 is 2.60 bits per heavy atom. The van der Waals surface area contributed by atoms with Crippen molar-refractivity contribution in [2.75, 3.05) is 6.54 Å². The lowest BCUT2D eigenvalue weighted by molar-refractivity contribution is 0.302. The first-order chi connectivity index (χ1) is 9.70. The van der Waals surface area contributed by atoms with Gasteiger partial charge in [0.25, 0.3) is 0 Å².